The van der Waals surface area contributed by atoms with Gasteiger partial charge in [-0.1, -0.05) is 0 Å². The van der Waals surface area contributed by atoms with Crippen molar-refractivity contribution < 1.29 is 14.3 Å². The van der Waals surface area contributed by atoms with E-state index in [9.17, 15) is 9.59 Å². The lowest BCUT2D eigenvalue weighted by Gasteiger charge is -2.22. The number of hydrogen-bond donors (Lipinski definition) is 0. The zero-order valence-corrected chi connectivity index (χ0v) is 18.8. The number of aryl methyl sites for hydroxylation is 2. The molecular weight excluding hydrogens is 404 g/mol. The van der Waals surface area contributed by atoms with Crippen LogP contribution in [0.25, 0.3) is 11.0 Å². The van der Waals surface area contributed by atoms with Crippen LogP contribution in [0.4, 0.5) is 0 Å². The molecule has 0 radical (unpaired) electrons. The summed E-state index contributed by atoms with van der Waals surface area (Å²) >= 11 is 0. The van der Waals surface area contributed by atoms with Gasteiger partial charge in [0, 0.05) is 37.3 Å². The fourth-order valence-corrected chi connectivity index (χ4v) is 3.91. The largest absolute Gasteiger partial charge is 0.494 e. The van der Waals surface area contributed by atoms with Gasteiger partial charge in [0.1, 0.15) is 5.75 Å². The molecule has 0 bridgehead atoms. The molecule has 2 heterocycles. The molecule has 2 amide bonds. The lowest BCUT2D eigenvalue weighted by Crippen LogP contribution is -2.37. The van der Waals surface area contributed by atoms with Crippen LogP contribution in [-0.2, 0) is 0 Å². The summed E-state index contributed by atoms with van der Waals surface area (Å²) in [5, 5.41) is 0. The number of ether oxygens (including phenoxy) is 1. The van der Waals surface area contributed by atoms with Gasteiger partial charge in [-0.15, -0.1) is 0 Å². The van der Waals surface area contributed by atoms with E-state index < -0.39 is 0 Å². The maximum Gasteiger partial charge on any atom is 0.253 e. The fraction of sp³-hybridized carbons (Fsp3) is 0.360. The first-order valence-corrected chi connectivity index (χ1v) is 11.0. The second-order valence-electron chi connectivity index (χ2n) is 7.99. The molecule has 32 heavy (non-hydrogen) atoms. The van der Waals surface area contributed by atoms with Gasteiger partial charge in [-0.25, -0.2) is 9.97 Å². The van der Waals surface area contributed by atoms with Crippen LogP contribution in [0.3, 0.4) is 0 Å². The van der Waals surface area contributed by atoms with E-state index in [2.05, 4.69) is 9.97 Å². The van der Waals surface area contributed by atoms with Crippen LogP contribution in [-0.4, -0.2) is 64.4 Å². The maximum absolute atomic E-state index is 13.2. The molecule has 1 aromatic heterocycles. The summed E-state index contributed by atoms with van der Waals surface area (Å²) in [4.78, 5) is 38.8. The summed E-state index contributed by atoms with van der Waals surface area (Å²) in [6.45, 7) is 8.60. The Hall–Kier alpha value is -3.48. The van der Waals surface area contributed by atoms with Crippen molar-refractivity contribution in [2.45, 2.75) is 27.2 Å². The van der Waals surface area contributed by atoms with Gasteiger partial charge in [0.05, 0.1) is 29.0 Å². The zero-order valence-electron chi connectivity index (χ0n) is 18.8. The molecule has 1 aliphatic rings. The van der Waals surface area contributed by atoms with Gasteiger partial charge in [0.25, 0.3) is 11.8 Å². The summed E-state index contributed by atoms with van der Waals surface area (Å²) < 4.78 is 5.45. The van der Waals surface area contributed by atoms with Crippen molar-refractivity contribution in [1.29, 1.82) is 0 Å². The number of carbonyl (C=O) groups is 2. The Bertz CT molecular complexity index is 1140. The van der Waals surface area contributed by atoms with E-state index in [-0.39, 0.29) is 11.8 Å². The Morgan fingerprint density at radius 1 is 0.812 bits per heavy atom. The summed E-state index contributed by atoms with van der Waals surface area (Å²) in [5.74, 6) is 0.693. The first-order chi connectivity index (χ1) is 15.5. The summed E-state index contributed by atoms with van der Waals surface area (Å²) in [5.41, 5.74) is 4.49. The molecule has 0 atom stereocenters. The number of nitrogens with zero attached hydrogens (tertiary/aromatic N) is 4. The molecule has 1 fully saturated rings. The molecule has 4 rings (SSSR count). The highest BCUT2D eigenvalue weighted by molar-refractivity contribution is 5.97. The van der Waals surface area contributed by atoms with E-state index in [1.165, 1.54) is 0 Å². The van der Waals surface area contributed by atoms with Crippen LogP contribution in [0.5, 0.6) is 5.75 Å². The molecule has 0 saturated carbocycles. The van der Waals surface area contributed by atoms with Crippen LogP contribution < -0.4 is 4.74 Å². The van der Waals surface area contributed by atoms with E-state index in [1.807, 2.05) is 60.9 Å². The highest BCUT2D eigenvalue weighted by Crippen LogP contribution is 2.18. The van der Waals surface area contributed by atoms with E-state index in [1.54, 1.807) is 12.1 Å². The van der Waals surface area contributed by atoms with Crippen molar-refractivity contribution in [3.8, 4) is 5.75 Å². The van der Waals surface area contributed by atoms with E-state index in [4.69, 9.17) is 4.74 Å². The zero-order chi connectivity index (χ0) is 22.7. The number of hydrogen-bond acceptors (Lipinski definition) is 5. The number of fused-ring (bicyclic) bond motifs is 1. The van der Waals surface area contributed by atoms with Crippen molar-refractivity contribution in [1.82, 2.24) is 19.8 Å². The number of rotatable bonds is 4. The molecule has 0 aliphatic carbocycles. The topological polar surface area (TPSA) is 75.6 Å². The van der Waals surface area contributed by atoms with Crippen LogP contribution in [0.2, 0.25) is 0 Å². The molecule has 1 aliphatic heterocycles. The predicted molar refractivity (Wildman–Crippen MR) is 123 cm³/mol. The molecule has 2 aromatic carbocycles. The highest BCUT2D eigenvalue weighted by atomic mass is 16.5. The standard InChI is InChI=1S/C25H28N4O3/c1-4-32-21-9-6-19(7-10-21)24(30)28-12-5-13-29(15-14-28)25(31)20-8-11-22-23(16-20)27-18(3)17(2)26-22/h6-11,16H,4-5,12-15H2,1-3H3. The van der Waals surface area contributed by atoms with Crippen LogP contribution in [0.1, 0.15) is 45.4 Å². The fourth-order valence-electron chi connectivity index (χ4n) is 3.91. The second kappa shape index (κ2) is 9.34. The van der Waals surface area contributed by atoms with Crippen LogP contribution >= 0.6 is 0 Å². The smallest absolute Gasteiger partial charge is 0.253 e. The van der Waals surface area contributed by atoms with Gasteiger partial charge >= 0.3 is 0 Å². The van der Waals surface area contributed by atoms with Crippen molar-refractivity contribution in [3.05, 3.63) is 65.0 Å². The Kier molecular flexibility index (Phi) is 6.35. The molecule has 0 unspecified atom stereocenters. The van der Waals surface area contributed by atoms with Gasteiger partial charge in [0.15, 0.2) is 0 Å². The molecule has 7 nitrogen and oxygen atoms in total. The van der Waals surface area contributed by atoms with Gasteiger partial charge in [-0.05, 0) is 69.7 Å². The SMILES string of the molecule is CCOc1ccc(C(=O)N2CCCN(C(=O)c3ccc4nc(C)c(C)nc4c3)CC2)cc1. The van der Waals surface area contributed by atoms with E-state index >= 15 is 0 Å². The Morgan fingerprint density at radius 2 is 1.38 bits per heavy atom. The minimum Gasteiger partial charge on any atom is -0.494 e. The van der Waals surface area contributed by atoms with Gasteiger partial charge in [0.2, 0.25) is 0 Å². The van der Waals surface area contributed by atoms with E-state index in [0.717, 1.165) is 34.6 Å². The van der Waals surface area contributed by atoms with Crippen LogP contribution in [0.15, 0.2) is 42.5 Å². The molecule has 0 spiro atoms. The highest BCUT2D eigenvalue weighted by Gasteiger charge is 2.24. The molecular formula is C25H28N4O3. The maximum atomic E-state index is 13.2. The van der Waals surface area contributed by atoms with Crippen LogP contribution in [0, 0.1) is 13.8 Å². The third kappa shape index (κ3) is 4.56. The quantitative estimate of drug-likeness (QED) is 0.629. The van der Waals surface area contributed by atoms with Gasteiger partial charge in [-0.2, -0.15) is 0 Å². The Balaban J connectivity index is 1.44. The Morgan fingerprint density at radius 3 is 2.00 bits per heavy atom. The molecule has 0 N–H and O–H groups in total. The molecule has 1 saturated heterocycles. The summed E-state index contributed by atoms with van der Waals surface area (Å²) in [6.07, 6.45) is 0.736. The Labute approximate surface area is 188 Å². The first kappa shape index (κ1) is 21.7. The number of carbonyl (C=O) groups excluding carboxylic acids is 2. The van der Waals surface area contributed by atoms with Crippen molar-refractivity contribution in [2.75, 3.05) is 32.8 Å². The first-order valence-electron chi connectivity index (χ1n) is 11.0. The van der Waals surface area contributed by atoms with Crippen molar-refractivity contribution >= 4 is 22.8 Å². The van der Waals surface area contributed by atoms with Crippen molar-refractivity contribution in [2.24, 2.45) is 0 Å². The average Bonchev–Trinajstić information content (AvgIpc) is 3.06. The monoisotopic (exact) mass is 432 g/mol. The number of benzene rings is 2. The minimum atomic E-state index is -0.0395. The number of aromatic nitrogens is 2. The molecule has 166 valence electrons. The van der Waals surface area contributed by atoms with Gasteiger partial charge < -0.3 is 14.5 Å². The normalized spacial score (nSPS) is 14.3. The van der Waals surface area contributed by atoms with Gasteiger partial charge in [-0.3, -0.25) is 9.59 Å². The minimum absolute atomic E-state index is 0.0193. The second-order valence-corrected chi connectivity index (χ2v) is 7.99. The summed E-state index contributed by atoms with van der Waals surface area (Å²) in [6, 6.07) is 12.7. The predicted octanol–water partition coefficient (Wildman–Crippen LogP) is 3.63. The lowest BCUT2D eigenvalue weighted by molar-refractivity contribution is 0.0719. The number of amides is 2. The third-order valence-corrected chi connectivity index (χ3v) is 5.80. The molecule has 7 heteroatoms. The third-order valence-electron chi connectivity index (χ3n) is 5.80. The average molecular weight is 433 g/mol. The van der Waals surface area contributed by atoms with E-state index in [0.29, 0.717) is 43.9 Å². The lowest BCUT2D eigenvalue weighted by atomic mass is 10.1. The summed E-state index contributed by atoms with van der Waals surface area (Å²) in [7, 11) is 0. The molecule has 3 aromatic rings. The van der Waals surface area contributed by atoms with Crippen molar-refractivity contribution in [3.63, 3.8) is 0 Å².